The molecule has 2 aliphatic heterocycles. The fourth-order valence-electron chi connectivity index (χ4n) is 4.36. The zero-order valence-corrected chi connectivity index (χ0v) is 21.2. The van der Waals surface area contributed by atoms with Crippen molar-refractivity contribution in [3.63, 3.8) is 0 Å². The standard InChI is InChI=1S/C14H20N2O3.C13H18N2O3/c1-16-9-12(7-8-13(16)14(17)18)15-19-10-11-5-3-2-4-6-11;16-13(17)12-7-6-11(8-14-12)15-18-9-10-4-2-1-3-5-10/h2-6,12-13,15H,7-10H2,1H3,(H,17,18);1-5,11-12,14-15H,6-9H2,(H,16,17)/t12-,13+;11-,12+/m11/s1. The Bertz CT molecular complexity index is 940. The third kappa shape index (κ3) is 10.2. The maximum atomic E-state index is 11.0. The molecular weight excluding hydrogens is 476 g/mol. The lowest BCUT2D eigenvalue weighted by molar-refractivity contribution is -0.145. The van der Waals surface area contributed by atoms with Crippen LogP contribution in [0.25, 0.3) is 0 Å². The number of aliphatic carboxylic acids is 2. The second-order valence-electron chi connectivity index (χ2n) is 9.43. The molecule has 2 aromatic rings. The molecule has 0 radical (unpaired) electrons. The third-order valence-electron chi connectivity index (χ3n) is 6.49. The predicted octanol–water partition coefficient (Wildman–Crippen LogP) is 2.17. The number of nitrogens with one attached hydrogen (secondary N) is 3. The first kappa shape index (κ1) is 28.7. The van der Waals surface area contributed by atoms with Crippen LogP contribution < -0.4 is 16.3 Å². The lowest BCUT2D eigenvalue weighted by Gasteiger charge is -2.34. The molecule has 0 unspecified atom stereocenters. The highest BCUT2D eigenvalue weighted by Gasteiger charge is 2.30. The number of benzene rings is 2. The second kappa shape index (κ2) is 15.4. The number of piperidine rings is 2. The first-order valence-corrected chi connectivity index (χ1v) is 12.6. The molecule has 0 saturated carbocycles. The summed E-state index contributed by atoms with van der Waals surface area (Å²) in [6.45, 7) is 2.33. The fraction of sp³-hybridized carbons (Fsp3) is 0.481. The second-order valence-corrected chi connectivity index (χ2v) is 9.43. The minimum absolute atomic E-state index is 0.171. The van der Waals surface area contributed by atoms with Crippen molar-refractivity contribution in [3.8, 4) is 0 Å². The summed E-state index contributed by atoms with van der Waals surface area (Å²) in [7, 11) is 1.84. The Kier molecular flexibility index (Phi) is 12.0. The van der Waals surface area contributed by atoms with E-state index in [1.165, 1.54) is 0 Å². The number of carbonyl (C=O) groups is 2. The number of rotatable bonds is 10. The average Bonchev–Trinajstić information content (AvgIpc) is 2.90. The predicted molar refractivity (Wildman–Crippen MR) is 138 cm³/mol. The number of likely N-dealkylation sites (tertiary alicyclic amines) is 1. The van der Waals surface area contributed by atoms with Gasteiger partial charge in [0.25, 0.3) is 0 Å². The Balaban J connectivity index is 0.000000206. The molecule has 0 amide bonds. The molecule has 2 aromatic carbocycles. The van der Waals surface area contributed by atoms with Crippen LogP contribution >= 0.6 is 0 Å². The molecule has 0 aliphatic carbocycles. The van der Waals surface area contributed by atoms with Crippen molar-refractivity contribution in [3.05, 3.63) is 71.8 Å². The summed E-state index contributed by atoms with van der Waals surface area (Å²) in [6, 6.07) is 19.4. The van der Waals surface area contributed by atoms with Crippen molar-refractivity contribution in [2.24, 2.45) is 0 Å². The van der Waals surface area contributed by atoms with E-state index in [-0.39, 0.29) is 18.1 Å². The van der Waals surface area contributed by atoms with Crippen LogP contribution in [-0.4, -0.2) is 71.4 Å². The molecule has 0 spiro atoms. The number of nitrogens with zero attached hydrogens (tertiary/aromatic N) is 1. The van der Waals surface area contributed by atoms with E-state index in [4.69, 9.17) is 19.9 Å². The Morgan fingerprint density at radius 3 is 1.84 bits per heavy atom. The highest BCUT2D eigenvalue weighted by atomic mass is 16.6. The summed E-state index contributed by atoms with van der Waals surface area (Å²) >= 11 is 0. The first-order chi connectivity index (χ1) is 17.9. The van der Waals surface area contributed by atoms with Crippen LogP contribution in [0.1, 0.15) is 36.8 Å². The minimum Gasteiger partial charge on any atom is -0.480 e. The molecule has 0 bridgehead atoms. The number of carboxylic acid groups (broad SMARTS) is 2. The van der Waals surface area contributed by atoms with Gasteiger partial charge in [0.15, 0.2) is 0 Å². The topological polar surface area (TPSA) is 132 Å². The molecule has 202 valence electrons. The maximum Gasteiger partial charge on any atom is 0.320 e. The molecule has 10 heteroatoms. The normalized spacial score (nSPS) is 24.0. The van der Waals surface area contributed by atoms with Gasteiger partial charge in [-0.25, -0.2) is 0 Å². The summed E-state index contributed by atoms with van der Waals surface area (Å²) in [5.41, 5.74) is 8.22. The van der Waals surface area contributed by atoms with E-state index in [2.05, 4.69) is 16.3 Å². The van der Waals surface area contributed by atoms with E-state index in [1.807, 2.05) is 72.6 Å². The number of carboxylic acids is 2. The van der Waals surface area contributed by atoms with Gasteiger partial charge < -0.3 is 15.5 Å². The van der Waals surface area contributed by atoms with Gasteiger partial charge in [-0.2, -0.15) is 11.0 Å². The van der Waals surface area contributed by atoms with Gasteiger partial charge in [-0.15, -0.1) is 0 Å². The monoisotopic (exact) mass is 514 g/mol. The SMILES string of the molecule is CN1C[C@H](NOCc2ccccc2)CC[C@H]1C(=O)O.O=C(O)[C@@H]1CC[C@@H](NOCc2ccccc2)CN1. The van der Waals surface area contributed by atoms with E-state index in [1.54, 1.807) is 0 Å². The quantitative estimate of drug-likeness (QED) is 0.301. The Hall–Kier alpha value is -2.86. The van der Waals surface area contributed by atoms with Gasteiger partial charge in [-0.3, -0.25) is 24.2 Å². The van der Waals surface area contributed by atoms with Crippen LogP contribution in [0.3, 0.4) is 0 Å². The molecule has 2 aliphatic rings. The smallest absolute Gasteiger partial charge is 0.320 e. The molecule has 2 fully saturated rings. The van der Waals surface area contributed by atoms with Gasteiger partial charge in [0.2, 0.25) is 0 Å². The zero-order chi connectivity index (χ0) is 26.5. The van der Waals surface area contributed by atoms with E-state index >= 15 is 0 Å². The minimum atomic E-state index is -0.779. The molecule has 2 saturated heterocycles. The van der Waals surface area contributed by atoms with Crippen LogP contribution in [0.4, 0.5) is 0 Å². The van der Waals surface area contributed by atoms with Crippen molar-refractivity contribution >= 4 is 11.9 Å². The summed E-state index contributed by atoms with van der Waals surface area (Å²) in [5.74, 6) is -1.52. The van der Waals surface area contributed by atoms with Gasteiger partial charge in [-0.05, 0) is 43.9 Å². The maximum absolute atomic E-state index is 11.0. The Morgan fingerprint density at radius 2 is 1.38 bits per heavy atom. The van der Waals surface area contributed by atoms with E-state index < -0.39 is 18.0 Å². The summed E-state index contributed by atoms with van der Waals surface area (Å²) in [6.07, 6.45) is 2.90. The van der Waals surface area contributed by atoms with Crippen LogP contribution in [0.2, 0.25) is 0 Å². The van der Waals surface area contributed by atoms with Crippen molar-refractivity contribution in [1.29, 1.82) is 0 Å². The largest absolute Gasteiger partial charge is 0.480 e. The highest BCUT2D eigenvalue weighted by molar-refractivity contribution is 5.73. The van der Waals surface area contributed by atoms with E-state index in [9.17, 15) is 9.59 Å². The fourth-order valence-corrected chi connectivity index (χ4v) is 4.36. The van der Waals surface area contributed by atoms with Gasteiger partial charge in [0, 0.05) is 25.2 Å². The lowest BCUT2D eigenvalue weighted by atomic mass is 10.00. The third-order valence-corrected chi connectivity index (χ3v) is 6.49. The summed E-state index contributed by atoms with van der Waals surface area (Å²) in [4.78, 5) is 34.5. The molecular formula is C27H38N4O6. The molecule has 37 heavy (non-hydrogen) atoms. The van der Waals surface area contributed by atoms with Crippen LogP contribution in [0, 0.1) is 0 Å². The van der Waals surface area contributed by atoms with E-state index in [0.29, 0.717) is 39.1 Å². The van der Waals surface area contributed by atoms with Gasteiger partial charge in [-0.1, -0.05) is 60.7 Å². The molecule has 0 aromatic heterocycles. The average molecular weight is 515 g/mol. The number of hydroxylamine groups is 2. The zero-order valence-electron chi connectivity index (χ0n) is 21.2. The summed E-state index contributed by atoms with van der Waals surface area (Å²) < 4.78 is 0. The number of hydrogen-bond donors (Lipinski definition) is 5. The number of likely N-dealkylation sites (N-methyl/N-ethyl adjacent to an activating group) is 1. The van der Waals surface area contributed by atoms with Crippen molar-refractivity contribution in [1.82, 2.24) is 21.2 Å². The molecule has 5 N–H and O–H groups in total. The Labute approximate surface area is 217 Å². The van der Waals surface area contributed by atoms with Crippen LogP contribution in [0.5, 0.6) is 0 Å². The van der Waals surface area contributed by atoms with Crippen molar-refractivity contribution < 1.29 is 29.5 Å². The van der Waals surface area contributed by atoms with Gasteiger partial charge in [0.1, 0.15) is 12.1 Å². The Morgan fingerprint density at radius 1 is 0.838 bits per heavy atom. The van der Waals surface area contributed by atoms with Crippen LogP contribution in [-0.2, 0) is 32.5 Å². The number of hydrogen-bond acceptors (Lipinski definition) is 8. The molecule has 10 nitrogen and oxygen atoms in total. The van der Waals surface area contributed by atoms with Crippen molar-refractivity contribution in [2.75, 3.05) is 20.1 Å². The first-order valence-electron chi connectivity index (χ1n) is 12.6. The highest BCUT2D eigenvalue weighted by Crippen LogP contribution is 2.16. The molecule has 2 heterocycles. The van der Waals surface area contributed by atoms with Gasteiger partial charge >= 0.3 is 11.9 Å². The summed E-state index contributed by atoms with van der Waals surface area (Å²) in [5, 5.41) is 20.8. The van der Waals surface area contributed by atoms with Crippen molar-refractivity contribution in [2.45, 2.75) is 63.1 Å². The van der Waals surface area contributed by atoms with Crippen LogP contribution in [0.15, 0.2) is 60.7 Å². The molecule has 4 atom stereocenters. The van der Waals surface area contributed by atoms with Gasteiger partial charge in [0.05, 0.1) is 13.2 Å². The lowest BCUT2D eigenvalue weighted by Crippen LogP contribution is -2.51. The van der Waals surface area contributed by atoms with E-state index in [0.717, 1.165) is 24.0 Å². The molecule has 4 rings (SSSR count).